The predicted octanol–water partition coefficient (Wildman–Crippen LogP) is 5.10. The quantitative estimate of drug-likeness (QED) is 0.201. The number of rotatable bonds is 3. The van der Waals surface area contributed by atoms with E-state index in [0.717, 1.165) is 21.9 Å². The number of carbonyl (C=O) groups excluding carboxylic acids is 3. The van der Waals surface area contributed by atoms with Crippen molar-refractivity contribution in [1.82, 2.24) is 0 Å². The van der Waals surface area contributed by atoms with Crippen LogP contribution in [0.2, 0.25) is 0 Å². The van der Waals surface area contributed by atoms with Crippen molar-refractivity contribution in [3.8, 4) is 23.0 Å². The van der Waals surface area contributed by atoms with Gasteiger partial charge in [0.15, 0.2) is 11.5 Å². The molecule has 4 aromatic rings. The van der Waals surface area contributed by atoms with Gasteiger partial charge in [-0.2, -0.15) is 0 Å². The summed E-state index contributed by atoms with van der Waals surface area (Å²) in [6, 6.07) is 24.0. The van der Waals surface area contributed by atoms with Crippen LogP contribution in [0.15, 0.2) is 84.9 Å². The summed E-state index contributed by atoms with van der Waals surface area (Å²) in [5, 5.41) is 1.89. The van der Waals surface area contributed by atoms with Gasteiger partial charge >= 0.3 is 5.97 Å². The molecule has 1 aliphatic carbocycles. The highest BCUT2D eigenvalue weighted by Gasteiger charge is 2.61. The third kappa shape index (κ3) is 3.30. The first-order chi connectivity index (χ1) is 20.0. The van der Waals surface area contributed by atoms with Gasteiger partial charge in [0.2, 0.25) is 18.6 Å². The van der Waals surface area contributed by atoms with Gasteiger partial charge in [-0.15, -0.1) is 0 Å². The first kappa shape index (κ1) is 23.7. The normalized spacial score (nSPS) is 24.0. The lowest BCUT2D eigenvalue weighted by molar-refractivity contribution is -0.142. The molecule has 0 aromatic heterocycles. The smallest absolute Gasteiger partial charge is 0.319 e. The maximum Gasteiger partial charge on any atom is 0.319 e. The topological polar surface area (TPSA) is 91.4 Å². The van der Waals surface area contributed by atoms with Crippen molar-refractivity contribution >= 4 is 39.8 Å². The van der Waals surface area contributed by atoms with Crippen LogP contribution in [0.25, 0.3) is 16.3 Å². The van der Waals surface area contributed by atoms with Gasteiger partial charge in [0, 0.05) is 11.5 Å². The van der Waals surface area contributed by atoms with Gasteiger partial charge in [0.25, 0.3) is 0 Å². The molecular weight excluding hydrogens is 522 g/mol. The molecule has 4 aromatic carbocycles. The predicted molar refractivity (Wildman–Crippen MR) is 149 cm³/mol. The fraction of sp³-hybridized carbons (Fsp3) is 0.182. The third-order valence-electron chi connectivity index (χ3n) is 8.59. The lowest BCUT2D eigenvalue weighted by atomic mass is 9.64. The van der Waals surface area contributed by atoms with E-state index < -0.39 is 35.5 Å². The van der Waals surface area contributed by atoms with Crippen molar-refractivity contribution < 1.29 is 33.3 Å². The molecule has 4 atom stereocenters. The minimum absolute atomic E-state index is 0.114. The van der Waals surface area contributed by atoms with Gasteiger partial charge in [-0.3, -0.25) is 14.4 Å². The van der Waals surface area contributed by atoms with E-state index in [1.807, 2.05) is 54.6 Å². The number of allylic oxidation sites excluding steroid dienone is 1. The minimum Gasteiger partial charge on any atom is -0.495 e. The van der Waals surface area contributed by atoms with Crippen LogP contribution in [0.4, 0.5) is 5.69 Å². The third-order valence-corrected chi connectivity index (χ3v) is 8.59. The first-order valence-electron chi connectivity index (χ1n) is 13.4. The summed E-state index contributed by atoms with van der Waals surface area (Å²) >= 11 is 0. The van der Waals surface area contributed by atoms with Crippen LogP contribution in [0.3, 0.4) is 0 Å². The van der Waals surface area contributed by atoms with Crippen LogP contribution >= 0.6 is 0 Å². The summed E-state index contributed by atoms with van der Waals surface area (Å²) in [7, 11) is 1.49. The molecule has 202 valence electrons. The number of fused-ring (bicyclic) bond motifs is 8. The second-order valence-electron chi connectivity index (χ2n) is 10.6. The number of imide groups is 1. The highest BCUT2D eigenvalue weighted by atomic mass is 16.7. The Balaban J connectivity index is 1.37. The van der Waals surface area contributed by atoms with Crippen LogP contribution in [0.1, 0.15) is 17.0 Å². The number of nitrogens with zero attached hydrogens (tertiary/aromatic N) is 1. The van der Waals surface area contributed by atoms with Gasteiger partial charge in [0.05, 0.1) is 30.6 Å². The zero-order valence-electron chi connectivity index (χ0n) is 21.9. The number of benzene rings is 4. The largest absolute Gasteiger partial charge is 0.495 e. The molecule has 8 nitrogen and oxygen atoms in total. The number of anilines is 1. The number of amides is 2. The first-order valence-corrected chi connectivity index (χ1v) is 13.4. The average Bonchev–Trinajstić information content (AvgIpc) is 3.58. The number of para-hydroxylation sites is 2. The van der Waals surface area contributed by atoms with Crippen molar-refractivity contribution in [2.24, 2.45) is 17.8 Å². The molecule has 0 spiro atoms. The highest BCUT2D eigenvalue weighted by Crippen LogP contribution is 2.56. The van der Waals surface area contributed by atoms with Crippen molar-refractivity contribution in [1.29, 1.82) is 0 Å². The van der Waals surface area contributed by atoms with Crippen molar-refractivity contribution in [2.75, 3.05) is 18.8 Å². The monoisotopic (exact) mass is 545 g/mol. The molecule has 0 N–H and O–H groups in total. The van der Waals surface area contributed by atoms with E-state index in [-0.39, 0.29) is 12.7 Å². The Hall–Kier alpha value is -5.11. The van der Waals surface area contributed by atoms with E-state index in [0.29, 0.717) is 34.3 Å². The second-order valence-corrected chi connectivity index (χ2v) is 10.6. The molecule has 0 bridgehead atoms. The van der Waals surface area contributed by atoms with Gasteiger partial charge in [0.1, 0.15) is 11.5 Å². The molecule has 0 radical (unpaired) electrons. The summed E-state index contributed by atoms with van der Waals surface area (Å²) in [5.74, 6) is -2.63. The number of ether oxygens (including phenoxy) is 4. The Kier molecular flexibility index (Phi) is 5.04. The summed E-state index contributed by atoms with van der Waals surface area (Å²) in [6.07, 6.45) is 1.98. The van der Waals surface area contributed by atoms with E-state index in [4.69, 9.17) is 18.9 Å². The molecule has 3 aliphatic heterocycles. The van der Waals surface area contributed by atoms with E-state index in [1.165, 1.54) is 12.0 Å². The van der Waals surface area contributed by atoms with E-state index in [9.17, 15) is 14.4 Å². The van der Waals surface area contributed by atoms with E-state index >= 15 is 0 Å². The molecule has 0 unspecified atom stereocenters. The second kappa shape index (κ2) is 8.69. The van der Waals surface area contributed by atoms with Gasteiger partial charge in [-0.25, -0.2) is 4.90 Å². The van der Waals surface area contributed by atoms with Crippen LogP contribution in [-0.2, 0) is 14.4 Å². The maximum absolute atomic E-state index is 14.3. The Morgan fingerprint density at radius 3 is 2.44 bits per heavy atom. The summed E-state index contributed by atoms with van der Waals surface area (Å²) < 4.78 is 22.5. The highest BCUT2D eigenvalue weighted by molar-refractivity contribution is 6.25. The van der Waals surface area contributed by atoms with Crippen LogP contribution < -0.4 is 23.8 Å². The van der Waals surface area contributed by atoms with Gasteiger partial charge in [-0.1, -0.05) is 54.6 Å². The van der Waals surface area contributed by atoms with Crippen LogP contribution in [0, 0.1) is 17.8 Å². The molecule has 1 saturated heterocycles. The van der Waals surface area contributed by atoms with Crippen LogP contribution in [0.5, 0.6) is 23.0 Å². The molecular formula is C33H23NO7. The molecule has 4 aliphatic rings. The van der Waals surface area contributed by atoms with Crippen molar-refractivity contribution in [3.05, 3.63) is 96.1 Å². The van der Waals surface area contributed by atoms with Crippen molar-refractivity contribution in [2.45, 2.75) is 5.92 Å². The lowest BCUT2D eigenvalue weighted by Crippen LogP contribution is -2.42. The standard InChI is InChI=1S/C33H23NO7/c1-38-23-9-5-4-8-22(23)34-31(35)28-20(18-11-12-24-26(14-18)40-16-39-24)15-21-27-19-7-3-2-6-17(19)10-13-25(27)41-33(37)29(21)30(28)32(34)36/h2-15,20,28-30H,16H2,1H3/t20-,28+,29-,30+/m1/s1. The fourth-order valence-electron chi connectivity index (χ4n) is 6.83. The van der Waals surface area contributed by atoms with E-state index in [2.05, 4.69) is 0 Å². The molecule has 8 rings (SSSR count). The summed E-state index contributed by atoms with van der Waals surface area (Å²) in [4.78, 5) is 43.5. The zero-order valence-corrected chi connectivity index (χ0v) is 21.9. The summed E-state index contributed by atoms with van der Waals surface area (Å²) in [6.45, 7) is 0.114. The molecule has 2 amide bonds. The number of esters is 1. The Morgan fingerprint density at radius 1 is 0.805 bits per heavy atom. The minimum atomic E-state index is -0.970. The summed E-state index contributed by atoms with van der Waals surface area (Å²) in [5.41, 5.74) is 2.60. The number of methoxy groups -OCH3 is 1. The fourth-order valence-corrected chi connectivity index (χ4v) is 6.83. The maximum atomic E-state index is 14.3. The SMILES string of the molecule is COc1ccccc1N1C(=O)[C@@H]2[C@@H]3C(=O)Oc4ccc5ccccc5c4C3=C[C@H](c3ccc4c(c3)OCO4)[C@@H]2C1=O. The molecule has 3 heterocycles. The van der Waals surface area contributed by atoms with Crippen molar-refractivity contribution in [3.63, 3.8) is 0 Å². The lowest BCUT2D eigenvalue weighted by Gasteiger charge is -2.38. The van der Waals surface area contributed by atoms with E-state index in [1.54, 1.807) is 30.3 Å². The molecule has 41 heavy (non-hydrogen) atoms. The van der Waals surface area contributed by atoms with Gasteiger partial charge in [-0.05, 0) is 52.2 Å². The van der Waals surface area contributed by atoms with Gasteiger partial charge < -0.3 is 18.9 Å². The average molecular weight is 546 g/mol. The number of hydrogen-bond donors (Lipinski definition) is 0. The zero-order chi connectivity index (χ0) is 27.8. The molecule has 8 heteroatoms. The Morgan fingerprint density at radius 2 is 1.56 bits per heavy atom. The molecule has 0 saturated carbocycles. The Labute approximate surface area is 234 Å². The van der Waals surface area contributed by atoms with Crippen LogP contribution in [-0.4, -0.2) is 31.7 Å². The molecule has 1 fully saturated rings. The number of carbonyl (C=O) groups is 3. The Bertz CT molecular complexity index is 1840. The number of hydrogen-bond acceptors (Lipinski definition) is 7.